The lowest BCUT2D eigenvalue weighted by atomic mass is 10.1. The SMILES string of the molecule is COc1ccccc1N1C(=O)C[C@@H](NNC(=O)c2cc(OC)c(OC)c(OC)c2)C1=O. The molecule has 10 heteroatoms. The van der Waals surface area contributed by atoms with Gasteiger partial charge in [-0.15, -0.1) is 0 Å². The van der Waals surface area contributed by atoms with E-state index >= 15 is 0 Å². The molecule has 3 rings (SSSR count). The summed E-state index contributed by atoms with van der Waals surface area (Å²) in [5, 5.41) is 0. The number of methoxy groups -OCH3 is 4. The quantitative estimate of drug-likeness (QED) is 0.477. The third kappa shape index (κ3) is 4.24. The molecular formula is C21H23N3O7. The number of hydrazine groups is 1. The zero-order chi connectivity index (χ0) is 22.5. The third-order valence-corrected chi connectivity index (χ3v) is 4.76. The van der Waals surface area contributed by atoms with Crippen LogP contribution in [0.25, 0.3) is 0 Å². The number of nitrogens with zero attached hydrogens (tertiary/aromatic N) is 1. The number of rotatable bonds is 8. The zero-order valence-electron chi connectivity index (χ0n) is 17.6. The Kier molecular flexibility index (Phi) is 6.61. The Morgan fingerprint density at radius 3 is 2.13 bits per heavy atom. The van der Waals surface area contributed by atoms with E-state index in [4.69, 9.17) is 18.9 Å². The van der Waals surface area contributed by atoms with Gasteiger partial charge in [0.2, 0.25) is 11.7 Å². The average molecular weight is 429 g/mol. The van der Waals surface area contributed by atoms with E-state index in [-0.39, 0.29) is 12.0 Å². The molecule has 0 bridgehead atoms. The summed E-state index contributed by atoms with van der Waals surface area (Å²) in [6.45, 7) is 0. The summed E-state index contributed by atoms with van der Waals surface area (Å²) in [6.07, 6.45) is -0.119. The Hall–Kier alpha value is -3.79. The summed E-state index contributed by atoms with van der Waals surface area (Å²) in [4.78, 5) is 38.9. The Morgan fingerprint density at radius 2 is 1.55 bits per heavy atom. The van der Waals surface area contributed by atoms with Crippen LogP contribution in [0, 0.1) is 0 Å². The van der Waals surface area contributed by atoms with Crippen LogP contribution in [0.2, 0.25) is 0 Å². The van der Waals surface area contributed by atoms with Gasteiger partial charge >= 0.3 is 0 Å². The maximum Gasteiger partial charge on any atom is 0.265 e. The molecule has 0 saturated carbocycles. The maximum atomic E-state index is 12.8. The van der Waals surface area contributed by atoms with Crippen LogP contribution in [-0.2, 0) is 9.59 Å². The molecule has 1 aliphatic heterocycles. The number of ether oxygens (including phenoxy) is 4. The molecule has 0 aromatic heterocycles. The maximum absolute atomic E-state index is 12.8. The fourth-order valence-corrected chi connectivity index (χ4v) is 3.25. The fourth-order valence-electron chi connectivity index (χ4n) is 3.25. The van der Waals surface area contributed by atoms with Crippen LogP contribution in [0.4, 0.5) is 5.69 Å². The first-order chi connectivity index (χ1) is 14.9. The zero-order valence-corrected chi connectivity index (χ0v) is 17.6. The fraction of sp³-hybridized carbons (Fsp3) is 0.286. The lowest BCUT2D eigenvalue weighted by Crippen LogP contribution is -2.48. The molecule has 10 nitrogen and oxygen atoms in total. The van der Waals surface area contributed by atoms with Crippen LogP contribution >= 0.6 is 0 Å². The van der Waals surface area contributed by atoms with Crippen molar-refractivity contribution in [3.8, 4) is 23.0 Å². The van der Waals surface area contributed by atoms with Crippen LogP contribution in [0.15, 0.2) is 36.4 Å². The number of carbonyl (C=O) groups excluding carboxylic acids is 3. The monoisotopic (exact) mass is 429 g/mol. The number of nitrogens with one attached hydrogen (secondary N) is 2. The van der Waals surface area contributed by atoms with E-state index < -0.39 is 23.8 Å². The van der Waals surface area contributed by atoms with Gasteiger partial charge in [0.1, 0.15) is 11.8 Å². The molecule has 2 N–H and O–H groups in total. The Labute approximate surface area is 179 Å². The highest BCUT2D eigenvalue weighted by atomic mass is 16.5. The lowest BCUT2D eigenvalue weighted by Gasteiger charge is -2.18. The number of benzene rings is 2. The van der Waals surface area contributed by atoms with Gasteiger partial charge in [-0.2, -0.15) is 0 Å². The molecule has 1 saturated heterocycles. The summed E-state index contributed by atoms with van der Waals surface area (Å²) >= 11 is 0. The first-order valence-electron chi connectivity index (χ1n) is 9.30. The van der Waals surface area contributed by atoms with E-state index in [1.165, 1.54) is 40.6 Å². The van der Waals surface area contributed by atoms with Crippen molar-refractivity contribution in [3.63, 3.8) is 0 Å². The van der Waals surface area contributed by atoms with E-state index in [9.17, 15) is 14.4 Å². The second-order valence-electron chi connectivity index (χ2n) is 6.51. The standard InChI is InChI=1S/C21H23N3O7/c1-28-15-8-6-5-7-14(15)24-18(25)11-13(21(24)27)22-23-20(26)12-9-16(29-2)19(31-4)17(10-12)30-3/h5-10,13,22H,11H2,1-4H3,(H,23,26)/t13-/m1/s1. The van der Waals surface area contributed by atoms with Gasteiger partial charge in [-0.3, -0.25) is 19.8 Å². The number of para-hydroxylation sites is 2. The lowest BCUT2D eigenvalue weighted by molar-refractivity contribution is -0.121. The Morgan fingerprint density at radius 1 is 0.935 bits per heavy atom. The first kappa shape index (κ1) is 21.9. The molecule has 1 fully saturated rings. The molecule has 2 aromatic rings. The van der Waals surface area contributed by atoms with E-state index in [2.05, 4.69) is 10.9 Å². The van der Waals surface area contributed by atoms with E-state index in [1.807, 2.05) is 0 Å². The Balaban J connectivity index is 1.74. The summed E-state index contributed by atoms with van der Waals surface area (Å²) in [5.74, 6) is -0.100. The van der Waals surface area contributed by atoms with Crippen molar-refractivity contribution in [2.75, 3.05) is 33.3 Å². The molecule has 1 aliphatic rings. The van der Waals surface area contributed by atoms with Gasteiger partial charge in [0.05, 0.1) is 40.5 Å². The molecule has 1 heterocycles. The van der Waals surface area contributed by atoms with Crippen LogP contribution in [0.1, 0.15) is 16.8 Å². The molecule has 31 heavy (non-hydrogen) atoms. The molecule has 164 valence electrons. The summed E-state index contributed by atoms with van der Waals surface area (Å²) in [5.41, 5.74) is 5.65. The van der Waals surface area contributed by atoms with Gasteiger partial charge in [-0.25, -0.2) is 10.3 Å². The minimum atomic E-state index is -0.927. The van der Waals surface area contributed by atoms with Gasteiger partial charge in [-0.1, -0.05) is 12.1 Å². The first-order valence-corrected chi connectivity index (χ1v) is 9.30. The van der Waals surface area contributed by atoms with E-state index in [0.717, 1.165) is 4.90 Å². The number of imide groups is 1. The predicted molar refractivity (Wildman–Crippen MR) is 111 cm³/mol. The second-order valence-corrected chi connectivity index (χ2v) is 6.51. The molecule has 1 atom stereocenters. The minimum absolute atomic E-state index is 0.119. The van der Waals surface area contributed by atoms with Crippen molar-refractivity contribution in [1.29, 1.82) is 0 Å². The van der Waals surface area contributed by atoms with Gasteiger partial charge in [0.25, 0.3) is 11.8 Å². The van der Waals surface area contributed by atoms with Crippen molar-refractivity contribution in [3.05, 3.63) is 42.0 Å². The minimum Gasteiger partial charge on any atom is -0.495 e. The molecular weight excluding hydrogens is 406 g/mol. The largest absolute Gasteiger partial charge is 0.495 e. The number of anilines is 1. The highest BCUT2D eigenvalue weighted by molar-refractivity contribution is 6.23. The van der Waals surface area contributed by atoms with Gasteiger partial charge < -0.3 is 18.9 Å². The van der Waals surface area contributed by atoms with Gasteiger partial charge in [0.15, 0.2) is 11.5 Å². The number of amides is 3. The molecule has 0 radical (unpaired) electrons. The summed E-state index contributed by atoms with van der Waals surface area (Å²) < 4.78 is 21.0. The third-order valence-electron chi connectivity index (χ3n) is 4.76. The van der Waals surface area contributed by atoms with Crippen molar-refractivity contribution >= 4 is 23.4 Å². The number of hydrogen-bond donors (Lipinski definition) is 2. The molecule has 0 aliphatic carbocycles. The number of hydrogen-bond acceptors (Lipinski definition) is 8. The van der Waals surface area contributed by atoms with Crippen molar-refractivity contribution in [2.45, 2.75) is 12.5 Å². The van der Waals surface area contributed by atoms with Crippen LogP contribution in [0.3, 0.4) is 0 Å². The van der Waals surface area contributed by atoms with Gasteiger partial charge in [-0.05, 0) is 24.3 Å². The molecule has 0 spiro atoms. The predicted octanol–water partition coefficient (Wildman–Crippen LogP) is 1.29. The van der Waals surface area contributed by atoms with Crippen molar-refractivity contribution in [2.24, 2.45) is 0 Å². The summed E-state index contributed by atoms with van der Waals surface area (Å²) in [6, 6.07) is 8.73. The topological polar surface area (TPSA) is 115 Å². The number of carbonyl (C=O) groups is 3. The van der Waals surface area contributed by atoms with E-state index in [1.54, 1.807) is 24.3 Å². The van der Waals surface area contributed by atoms with Crippen LogP contribution < -0.4 is 34.7 Å². The highest BCUT2D eigenvalue weighted by Crippen LogP contribution is 2.38. The smallest absolute Gasteiger partial charge is 0.265 e. The van der Waals surface area contributed by atoms with Crippen molar-refractivity contribution in [1.82, 2.24) is 10.9 Å². The van der Waals surface area contributed by atoms with Crippen LogP contribution in [0.5, 0.6) is 23.0 Å². The van der Waals surface area contributed by atoms with Gasteiger partial charge in [0, 0.05) is 5.56 Å². The average Bonchev–Trinajstić information content (AvgIpc) is 3.08. The van der Waals surface area contributed by atoms with Crippen molar-refractivity contribution < 1.29 is 33.3 Å². The molecule has 3 amide bonds. The van der Waals surface area contributed by atoms with Crippen LogP contribution in [-0.4, -0.2) is 52.2 Å². The molecule has 2 aromatic carbocycles. The summed E-state index contributed by atoms with van der Waals surface area (Å²) in [7, 11) is 5.79. The highest BCUT2D eigenvalue weighted by Gasteiger charge is 2.41. The second kappa shape index (κ2) is 9.35. The normalized spacial score (nSPS) is 15.6. The Bertz CT molecular complexity index is 983. The molecule has 0 unspecified atom stereocenters. The van der Waals surface area contributed by atoms with E-state index in [0.29, 0.717) is 28.7 Å².